The van der Waals surface area contributed by atoms with E-state index in [1.165, 1.54) is 31.4 Å². The second kappa shape index (κ2) is 5.59. The molecule has 2 nitrogen and oxygen atoms in total. The van der Waals surface area contributed by atoms with Crippen LogP contribution in [-0.2, 0) is 6.54 Å². The van der Waals surface area contributed by atoms with Crippen molar-refractivity contribution < 1.29 is 4.39 Å². The molecule has 1 aromatic carbocycles. The summed E-state index contributed by atoms with van der Waals surface area (Å²) in [5.74, 6) is 1.65. The summed E-state index contributed by atoms with van der Waals surface area (Å²) in [4.78, 5) is 2.35. The maximum absolute atomic E-state index is 12.9. The molecule has 1 saturated carbocycles. The van der Waals surface area contributed by atoms with Gasteiger partial charge in [0.2, 0.25) is 0 Å². The van der Waals surface area contributed by atoms with Crippen molar-refractivity contribution in [1.29, 1.82) is 0 Å². The predicted molar refractivity (Wildman–Crippen MR) is 75.4 cm³/mol. The second-order valence-electron chi connectivity index (χ2n) is 6.19. The fraction of sp³-hybridized carbons (Fsp3) is 0.625. The Labute approximate surface area is 115 Å². The second-order valence-corrected chi connectivity index (χ2v) is 6.19. The van der Waals surface area contributed by atoms with Gasteiger partial charge in [-0.05, 0) is 56.0 Å². The highest BCUT2D eigenvalue weighted by atomic mass is 19.1. The van der Waals surface area contributed by atoms with Gasteiger partial charge in [-0.2, -0.15) is 0 Å². The fourth-order valence-corrected chi connectivity index (χ4v) is 3.80. The Hall–Kier alpha value is -0.930. The Kier molecular flexibility index (Phi) is 3.85. The highest BCUT2D eigenvalue weighted by molar-refractivity contribution is 5.15. The first-order chi connectivity index (χ1) is 9.22. The lowest BCUT2D eigenvalue weighted by Crippen LogP contribution is -2.38. The van der Waals surface area contributed by atoms with E-state index in [4.69, 9.17) is 0 Å². The molecule has 19 heavy (non-hydrogen) atoms. The van der Waals surface area contributed by atoms with E-state index in [0.29, 0.717) is 6.04 Å². The van der Waals surface area contributed by atoms with Crippen LogP contribution in [0.25, 0.3) is 0 Å². The van der Waals surface area contributed by atoms with Crippen LogP contribution in [0.4, 0.5) is 4.39 Å². The monoisotopic (exact) mass is 262 g/mol. The van der Waals surface area contributed by atoms with E-state index >= 15 is 0 Å². The number of nitrogens with one attached hydrogen (secondary N) is 1. The third kappa shape index (κ3) is 2.98. The number of rotatable bonds is 4. The van der Waals surface area contributed by atoms with Crippen LogP contribution in [0.2, 0.25) is 0 Å². The van der Waals surface area contributed by atoms with E-state index in [1.807, 2.05) is 12.1 Å². The first-order valence-corrected chi connectivity index (χ1v) is 7.39. The number of nitrogens with zero attached hydrogens (tertiary/aromatic N) is 1. The summed E-state index contributed by atoms with van der Waals surface area (Å²) in [5, 5.41) is 3.68. The van der Waals surface area contributed by atoms with Crippen LogP contribution in [0, 0.1) is 17.7 Å². The molecule has 3 unspecified atom stereocenters. The van der Waals surface area contributed by atoms with Crippen molar-refractivity contribution in [3.63, 3.8) is 0 Å². The van der Waals surface area contributed by atoms with Gasteiger partial charge >= 0.3 is 0 Å². The molecule has 1 aliphatic carbocycles. The lowest BCUT2D eigenvalue weighted by Gasteiger charge is -2.25. The lowest BCUT2D eigenvalue weighted by molar-refractivity contribution is 0.259. The molecule has 0 aromatic heterocycles. The Balaban J connectivity index is 1.53. The van der Waals surface area contributed by atoms with E-state index in [1.54, 1.807) is 12.1 Å². The number of hydrogen-bond acceptors (Lipinski definition) is 2. The molecule has 3 heteroatoms. The normalized spacial score (nSPS) is 29.9. The van der Waals surface area contributed by atoms with Gasteiger partial charge in [0.15, 0.2) is 0 Å². The Morgan fingerprint density at radius 3 is 2.84 bits per heavy atom. The molecule has 1 aromatic rings. The minimum absolute atomic E-state index is 0.155. The molecule has 1 N–H and O–H groups in total. The van der Waals surface area contributed by atoms with Crippen molar-refractivity contribution in [3.8, 4) is 0 Å². The van der Waals surface area contributed by atoms with Crippen LogP contribution in [0.5, 0.6) is 0 Å². The van der Waals surface area contributed by atoms with Crippen molar-refractivity contribution >= 4 is 0 Å². The molecule has 0 spiro atoms. The fourth-order valence-electron chi connectivity index (χ4n) is 3.80. The predicted octanol–water partition coefficient (Wildman–Crippen LogP) is 2.65. The third-order valence-electron chi connectivity index (χ3n) is 4.75. The molecule has 104 valence electrons. The summed E-state index contributed by atoms with van der Waals surface area (Å²) in [7, 11) is 2.16. The number of likely N-dealkylation sites (N-methyl/N-ethyl adjacent to an activating group) is 1. The smallest absolute Gasteiger partial charge is 0.123 e. The Bertz CT molecular complexity index is 417. The van der Waals surface area contributed by atoms with Gasteiger partial charge in [0.1, 0.15) is 5.82 Å². The van der Waals surface area contributed by atoms with Gasteiger partial charge in [-0.15, -0.1) is 0 Å². The van der Waals surface area contributed by atoms with Crippen LogP contribution in [0.1, 0.15) is 24.8 Å². The highest BCUT2D eigenvalue weighted by Gasteiger charge is 2.38. The largest absolute Gasteiger partial charge is 0.312 e. The van der Waals surface area contributed by atoms with Crippen LogP contribution in [0.3, 0.4) is 0 Å². The molecule has 1 aliphatic heterocycles. The molecule has 3 atom stereocenters. The maximum atomic E-state index is 12.9. The van der Waals surface area contributed by atoms with E-state index in [-0.39, 0.29) is 5.82 Å². The van der Waals surface area contributed by atoms with Gasteiger partial charge < -0.3 is 10.2 Å². The minimum atomic E-state index is -0.155. The van der Waals surface area contributed by atoms with Gasteiger partial charge in [0.05, 0.1) is 0 Å². The lowest BCUT2D eigenvalue weighted by atomic mass is 9.94. The van der Waals surface area contributed by atoms with Crippen LogP contribution >= 0.6 is 0 Å². The van der Waals surface area contributed by atoms with Crippen LogP contribution in [0.15, 0.2) is 24.3 Å². The van der Waals surface area contributed by atoms with Crippen LogP contribution < -0.4 is 5.32 Å². The van der Waals surface area contributed by atoms with Crippen molar-refractivity contribution in [3.05, 3.63) is 35.6 Å². The standard InChI is InChI=1S/C16H23FN2/c1-19(10-12-5-7-14(17)8-6-12)11-16-15-4-2-3-13(15)9-18-16/h5-8,13,15-16,18H,2-4,9-11H2,1H3. The van der Waals surface area contributed by atoms with E-state index in [0.717, 1.165) is 24.9 Å². The summed E-state index contributed by atoms with van der Waals surface area (Å²) in [6.45, 7) is 3.20. The van der Waals surface area contributed by atoms with Crippen molar-refractivity contribution in [2.75, 3.05) is 20.1 Å². The highest BCUT2D eigenvalue weighted by Crippen LogP contribution is 2.37. The van der Waals surface area contributed by atoms with Gasteiger partial charge in [-0.25, -0.2) is 4.39 Å². The molecule has 1 saturated heterocycles. The molecule has 0 bridgehead atoms. The molecule has 0 radical (unpaired) electrons. The van der Waals surface area contributed by atoms with Crippen molar-refractivity contribution in [2.45, 2.75) is 31.8 Å². The minimum Gasteiger partial charge on any atom is -0.312 e. The molecule has 1 heterocycles. The quantitative estimate of drug-likeness (QED) is 0.897. The average molecular weight is 262 g/mol. The maximum Gasteiger partial charge on any atom is 0.123 e. The average Bonchev–Trinajstić information content (AvgIpc) is 2.97. The van der Waals surface area contributed by atoms with Crippen molar-refractivity contribution in [1.82, 2.24) is 10.2 Å². The zero-order valence-electron chi connectivity index (χ0n) is 11.6. The zero-order valence-corrected chi connectivity index (χ0v) is 11.6. The molecule has 2 fully saturated rings. The van der Waals surface area contributed by atoms with Gasteiger partial charge in [0.25, 0.3) is 0 Å². The van der Waals surface area contributed by atoms with E-state index in [9.17, 15) is 4.39 Å². The molecular weight excluding hydrogens is 239 g/mol. The van der Waals surface area contributed by atoms with E-state index in [2.05, 4.69) is 17.3 Å². The summed E-state index contributed by atoms with van der Waals surface area (Å²) >= 11 is 0. The van der Waals surface area contributed by atoms with E-state index < -0.39 is 0 Å². The molecule has 0 amide bonds. The third-order valence-corrected chi connectivity index (χ3v) is 4.75. The topological polar surface area (TPSA) is 15.3 Å². The number of hydrogen-bond donors (Lipinski definition) is 1. The zero-order chi connectivity index (χ0) is 13.2. The molecule has 3 rings (SSSR count). The number of fused-ring (bicyclic) bond motifs is 1. The molecular formula is C16H23FN2. The number of halogens is 1. The molecule has 2 aliphatic rings. The van der Waals surface area contributed by atoms with Gasteiger partial charge in [-0.1, -0.05) is 18.6 Å². The summed E-state index contributed by atoms with van der Waals surface area (Å²) in [6.07, 6.45) is 4.22. The van der Waals surface area contributed by atoms with Crippen LogP contribution in [-0.4, -0.2) is 31.1 Å². The summed E-state index contributed by atoms with van der Waals surface area (Å²) < 4.78 is 12.9. The van der Waals surface area contributed by atoms with Gasteiger partial charge in [0, 0.05) is 19.1 Å². The SMILES string of the molecule is CN(Cc1ccc(F)cc1)CC1NCC2CCCC21. The summed E-state index contributed by atoms with van der Waals surface area (Å²) in [6, 6.07) is 7.50. The Morgan fingerprint density at radius 1 is 1.26 bits per heavy atom. The first-order valence-electron chi connectivity index (χ1n) is 7.39. The Morgan fingerprint density at radius 2 is 2.05 bits per heavy atom. The summed E-state index contributed by atoms with van der Waals surface area (Å²) in [5.41, 5.74) is 1.19. The van der Waals surface area contributed by atoms with Gasteiger partial charge in [-0.3, -0.25) is 0 Å². The first kappa shape index (κ1) is 13.1. The van der Waals surface area contributed by atoms with Crippen molar-refractivity contribution in [2.24, 2.45) is 11.8 Å². The number of benzene rings is 1.